The zero-order valence-corrected chi connectivity index (χ0v) is 12.3. The molecule has 0 saturated heterocycles. The Morgan fingerprint density at radius 1 is 1.16 bits per heavy atom. The zero-order chi connectivity index (χ0) is 13.2. The first kappa shape index (κ1) is 12.6. The van der Waals surface area contributed by atoms with Gasteiger partial charge in [0.05, 0.1) is 4.47 Å². The lowest BCUT2D eigenvalue weighted by Gasteiger charge is -2.08. The molecule has 0 amide bonds. The van der Waals surface area contributed by atoms with Gasteiger partial charge in [-0.3, -0.25) is 0 Å². The Morgan fingerprint density at radius 3 is 2.74 bits per heavy atom. The predicted octanol–water partition coefficient (Wildman–Crippen LogP) is 4.44. The number of anilines is 1. The van der Waals surface area contributed by atoms with Crippen LogP contribution in [0.1, 0.15) is 5.56 Å². The minimum absolute atomic E-state index is 0.280. The van der Waals surface area contributed by atoms with Crippen molar-refractivity contribution in [2.75, 3.05) is 12.1 Å². The third-order valence-corrected chi connectivity index (χ3v) is 3.67. The molecule has 0 bridgehead atoms. The molecule has 0 saturated carbocycles. The van der Waals surface area contributed by atoms with Gasteiger partial charge in [0.2, 0.25) is 6.79 Å². The Hall–Kier alpha value is -1.39. The van der Waals surface area contributed by atoms with E-state index in [-0.39, 0.29) is 6.79 Å². The highest BCUT2D eigenvalue weighted by Gasteiger charge is 2.17. The summed E-state index contributed by atoms with van der Waals surface area (Å²) in [5.74, 6) is 1.55. The van der Waals surface area contributed by atoms with Crippen molar-refractivity contribution in [3.8, 4) is 11.5 Å². The third-order valence-electron chi connectivity index (χ3n) is 2.83. The van der Waals surface area contributed by atoms with Crippen LogP contribution in [0.15, 0.2) is 40.9 Å². The van der Waals surface area contributed by atoms with Crippen LogP contribution in [0.25, 0.3) is 0 Å². The van der Waals surface area contributed by atoms with Crippen molar-refractivity contribution in [2.45, 2.75) is 6.54 Å². The van der Waals surface area contributed by atoms with E-state index in [9.17, 15) is 0 Å². The number of benzene rings is 2. The van der Waals surface area contributed by atoms with E-state index in [1.165, 1.54) is 0 Å². The summed E-state index contributed by atoms with van der Waals surface area (Å²) in [7, 11) is 0. The summed E-state index contributed by atoms with van der Waals surface area (Å²) in [4.78, 5) is 0. The number of hydrogen-bond donors (Lipinski definition) is 1. The van der Waals surface area contributed by atoms with Crippen LogP contribution in [-0.2, 0) is 6.54 Å². The van der Waals surface area contributed by atoms with Crippen LogP contribution in [0.3, 0.4) is 0 Å². The quantitative estimate of drug-likeness (QED) is 0.896. The number of hydrogen-bond acceptors (Lipinski definition) is 3. The molecule has 2 aromatic rings. The van der Waals surface area contributed by atoms with E-state index in [1.54, 1.807) is 0 Å². The van der Waals surface area contributed by atoms with E-state index in [0.717, 1.165) is 32.2 Å². The Balaban J connectivity index is 1.73. The van der Waals surface area contributed by atoms with Crippen molar-refractivity contribution in [2.24, 2.45) is 0 Å². The van der Waals surface area contributed by atoms with E-state index in [1.807, 2.05) is 36.4 Å². The van der Waals surface area contributed by atoms with Crippen LogP contribution in [0.2, 0.25) is 5.02 Å². The van der Waals surface area contributed by atoms with E-state index in [0.29, 0.717) is 6.54 Å². The second-order valence-electron chi connectivity index (χ2n) is 4.17. The van der Waals surface area contributed by atoms with E-state index in [4.69, 9.17) is 21.1 Å². The fraction of sp³-hybridized carbons (Fsp3) is 0.143. The van der Waals surface area contributed by atoms with E-state index < -0.39 is 0 Å². The molecule has 0 aliphatic carbocycles. The molecule has 1 aliphatic heterocycles. The minimum Gasteiger partial charge on any atom is -0.454 e. The number of halogens is 2. The maximum absolute atomic E-state index is 5.85. The van der Waals surface area contributed by atoms with Gasteiger partial charge in [0, 0.05) is 17.3 Å². The van der Waals surface area contributed by atoms with Gasteiger partial charge in [-0.25, -0.2) is 0 Å². The molecule has 3 nitrogen and oxygen atoms in total. The molecule has 19 heavy (non-hydrogen) atoms. The third kappa shape index (κ3) is 2.80. The lowest BCUT2D eigenvalue weighted by Crippen LogP contribution is -1.99. The largest absolute Gasteiger partial charge is 0.454 e. The van der Waals surface area contributed by atoms with Gasteiger partial charge in [-0.1, -0.05) is 11.6 Å². The molecule has 0 aromatic heterocycles. The average Bonchev–Trinajstić information content (AvgIpc) is 2.87. The molecule has 0 spiro atoms. The van der Waals surface area contributed by atoms with Gasteiger partial charge in [-0.05, 0) is 57.9 Å². The normalized spacial score (nSPS) is 12.5. The maximum Gasteiger partial charge on any atom is 0.231 e. The molecule has 98 valence electrons. The van der Waals surface area contributed by atoms with Gasteiger partial charge in [0.15, 0.2) is 11.5 Å². The molecule has 0 radical (unpaired) electrons. The van der Waals surface area contributed by atoms with Crippen molar-refractivity contribution in [3.63, 3.8) is 0 Å². The Morgan fingerprint density at radius 2 is 1.95 bits per heavy atom. The Bertz CT molecular complexity index is 601. The van der Waals surface area contributed by atoms with Gasteiger partial charge < -0.3 is 14.8 Å². The highest BCUT2D eigenvalue weighted by atomic mass is 79.9. The summed E-state index contributed by atoms with van der Waals surface area (Å²) in [5, 5.41) is 4.06. The fourth-order valence-corrected chi connectivity index (χ4v) is 2.62. The van der Waals surface area contributed by atoms with Crippen LogP contribution in [0.5, 0.6) is 11.5 Å². The van der Waals surface area contributed by atoms with Crippen molar-refractivity contribution in [3.05, 3.63) is 51.5 Å². The summed E-state index contributed by atoms with van der Waals surface area (Å²) >= 11 is 9.33. The summed E-state index contributed by atoms with van der Waals surface area (Å²) in [5.41, 5.74) is 2.14. The van der Waals surface area contributed by atoms with Crippen LogP contribution < -0.4 is 14.8 Å². The SMILES string of the molecule is Clc1ccc(NCc2cc(Br)c3c(c2)OCO3)cc1. The van der Waals surface area contributed by atoms with Crippen LogP contribution in [0.4, 0.5) is 5.69 Å². The van der Waals surface area contributed by atoms with Crippen LogP contribution in [-0.4, -0.2) is 6.79 Å². The summed E-state index contributed by atoms with van der Waals surface area (Å²) in [6.45, 7) is 0.985. The first-order valence-electron chi connectivity index (χ1n) is 5.80. The number of rotatable bonds is 3. The van der Waals surface area contributed by atoms with E-state index in [2.05, 4.69) is 21.2 Å². The van der Waals surface area contributed by atoms with Gasteiger partial charge in [-0.15, -0.1) is 0 Å². The highest BCUT2D eigenvalue weighted by Crippen LogP contribution is 2.40. The molecule has 0 fully saturated rings. The molecule has 5 heteroatoms. The smallest absolute Gasteiger partial charge is 0.231 e. The summed E-state index contributed by atoms with van der Waals surface area (Å²) < 4.78 is 11.7. The van der Waals surface area contributed by atoms with Crippen molar-refractivity contribution in [1.82, 2.24) is 0 Å². The lowest BCUT2D eigenvalue weighted by molar-refractivity contribution is 0.173. The first-order chi connectivity index (χ1) is 9.22. The van der Waals surface area contributed by atoms with Crippen LogP contribution in [0, 0.1) is 0 Å². The first-order valence-corrected chi connectivity index (χ1v) is 6.97. The maximum atomic E-state index is 5.85. The van der Waals surface area contributed by atoms with Gasteiger partial charge in [-0.2, -0.15) is 0 Å². The minimum atomic E-state index is 0.280. The van der Waals surface area contributed by atoms with Gasteiger partial charge >= 0.3 is 0 Å². The highest BCUT2D eigenvalue weighted by molar-refractivity contribution is 9.10. The molecule has 1 N–H and O–H groups in total. The second kappa shape index (κ2) is 5.31. The monoisotopic (exact) mass is 339 g/mol. The molecule has 1 aliphatic rings. The molecule has 1 heterocycles. The van der Waals surface area contributed by atoms with Crippen molar-refractivity contribution < 1.29 is 9.47 Å². The fourth-order valence-electron chi connectivity index (χ4n) is 1.89. The topological polar surface area (TPSA) is 30.5 Å². The van der Waals surface area contributed by atoms with Crippen LogP contribution >= 0.6 is 27.5 Å². The number of ether oxygens (including phenoxy) is 2. The average molecular weight is 341 g/mol. The van der Waals surface area contributed by atoms with E-state index >= 15 is 0 Å². The number of nitrogens with one attached hydrogen (secondary N) is 1. The second-order valence-corrected chi connectivity index (χ2v) is 5.46. The Kier molecular flexibility index (Phi) is 3.53. The standard InChI is InChI=1S/C14H11BrClNO2/c15-12-5-9(6-13-14(12)19-8-18-13)7-17-11-3-1-10(16)2-4-11/h1-6,17H,7-8H2. The number of fused-ring (bicyclic) bond motifs is 1. The molecule has 0 unspecified atom stereocenters. The van der Waals surface area contributed by atoms with Gasteiger partial charge in [0.1, 0.15) is 0 Å². The van der Waals surface area contributed by atoms with Crippen molar-refractivity contribution in [1.29, 1.82) is 0 Å². The van der Waals surface area contributed by atoms with Crippen molar-refractivity contribution >= 4 is 33.2 Å². The molecular formula is C14H11BrClNO2. The zero-order valence-electron chi connectivity index (χ0n) is 9.95. The molecule has 2 aromatic carbocycles. The predicted molar refractivity (Wildman–Crippen MR) is 79.0 cm³/mol. The molecule has 3 rings (SSSR count). The summed E-state index contributed by atoms with van der Waals surface area (Å²) in [6, 6.07) is 11.6. The molecular weight excluding hydrogens is 330 g/mol. The summed E-state index contributed by atoms with van der Waals surface area (Å²) in [6.07, 6.45) is 0. The van der Waals surface area contributed by atoms with Gasteiger partial charge in [0.25, 0.3) is 0 Å². The Labute approximate surface area is 124 Å². The molecule has 0 atom stereocenters. The lowest BCUT2D eigenvalue weighted by atomic mass is 10.2.